The number of rotatable bonds is 6. The number of ether oxygens (including phenoxy) is 1. The first kappa shape index (κ1) is 11.6. The quantitative estimate of drug-likeness (QED) is 0.798. The molecular formula is C13H20N2O. The topological polar surface area (TPSA) is 34.1 Å². The van der Waals surface area contributed by atoms with Gasteiger partial charge in [-0.1, -0.05) is 13.0 Å². The zero-order chi connectivity index (χ0) is 11.2. The predicted molar refractivity (Wildman–Crippen MR) is 64.0 cm³/mol. The molecule has 0 radical (unpaired) electrons. The number of pyridine rings is 1. The standard InChI is InChI=1S/C13H20N2O/c1-2-14-8-11-6-7-12(15-9-11)10-16-13-4-3-5-13/h6-7,9,13-14H,2-5,8,10H2,1H3. The van der Waals surface area contributed by atoms with E-state index in [0.29, 0.717) is 12.7 Å². The van der Waals surface area contributed by atoms with Crippen LogP contribution in [0.25, 0.3) is 0 Å². The van der Waals surface area contributed by atoms with Crippen LogP contribution in [0.1, 0.15) is 37.4 Å². The van der Waals surface area contributed by atoms with Crippen molar-refractivity contribution in [2.75, 3.05) is 6.54 Å². The highest BCUT2D eigenvalue weighted by atomic mass is 16.5. The molecule has 0 saturated heterocycles. The molecule has 0 unspecified atom stereocenters. The Kier molecular flexibility index (Phi) is 4.31. The molecule has 1 fully saturated rings. The number of hydrogen-bond donors (Lipinski definition) is 1. The highest BCUT2D eigenvalue weighted by Crippen LogP contribution is 2.22. The number of aromatic nitrogens is 1. The van der Waals surface area contributed by atoms with Crippen LogP contribution in [0, 0.1) is 0 Å². The fourth-order valence-electron chi connectivity index (χ4n) is 1.66. The van der Waals surface area contributed by atoms with Crippen molar-refractivity contribution >= 4 is 0 Å². The SMILES string of the molecule is CCNCc1ccc(COC2CCC2)nc1. The van der Waals surface area contributed by atoms with Gasteiger partial charge >= 0.3 is 0 Å². The minimum absolute atomic E-state index is 0.489. The third kappa shape index (κ3) is 3.29. The summed E-state index contributed by atoms with van der Waals surface area (Å²) >= 11 is 0. The normalized spacial score (nSPS) is 16.1. The molecule has 0 amide bonds. The monoisotopic (exact) mass is 220 g/mol. The summed E-state index contributed by atoms with van der Waals surface area (Å²) in [6.45, 7) is 4.65. The zero-order valence-electron chi connectivity index (χ0n) is 9.91. The number of nitrogens with one attached hydrogen (secondary N) is 1. The van der Waals surface area contributed by atoms with Crippen molar-refractivity contribution in [2.45, 2.75) is 45.4 Å². The lowest BCUT2D eigenvalue weighted by atomic mass is 9.96. The Hall–Kier alpha value is -0.930. The first-order chi connectivity index (χ1) is 7.88. The van der Waals surface area contributed by atoms with Gasteiger partial charge in [0.1, 0.15) is 0 Å². The minimum Gasteiger partial charge on any atom is -0.372 e. The molecule has 1 saturated carbocycles. The zero-order valence-corrected chi connectivity index (χ0v) is 9.91. The summed E-state index contributed by atoms with van der Waals surface area (Å²) in [6, 6.07) is 4.18. The first-order valence-electron chi connectivity index (χ1n) is 6.14. The van der Waals surface area contributed by atoms with E-state index < -0.39 is 0 Å². The van der Waals surface area contributed by atoms with Gasteiger partial charge in [-0.15, -0.1) is 0 Å². The second-order valence-corrected chi connectivity index (χ2v) is 4.30. The third-order valence-electron chi connectivity index (χ3n) is 2.98. The Labute approximate surface area is 97.2 Å². The van der Waals surface area contributed by atoms with Crippen molar-refractivity contribution in [1.29, 1.82) is 0 Å². The molecule has 1 aromatic rings. The summed E-state index contributed by atoms with van der Waals surface area (Å²) in [7, 11) is 0. The summed E-state index contributed by atoms with van der Waals surface area (Å²) in [5.41, 5.74) is 2.27. The summed E-state index contributed by atoms with van der Waals surface area (Å²) in [5.74, 6) is 0. The third-order valence-corrected chi connectivity index (χ3v) is 2.98. The molecule has 0 bridgehead atoms. The molecule has 0 aliphatic heterocycles. The summed E-state index contributed by atoms with van der Waals surface area (Å²) in [5, 5.41) is 3.28. The maximum Gasteiger partial charge on any atom is 0.0891 e. The van der Waals surface area contributed by atoms with Crippen LogP contribution < -0.4 is 5.32 Å². The van der Waals surface area contributed by atoms with E-state index in [1.54, 1.807) is 0 Å². The molecule has 1 aliphatic carbocycles. The highest BCUT2D eigenvalue weighted by molar-refractivity contribution is 5.13. The fourth-order valence-corrected chi connectivity index (χ4v) is 1.66. The lowest BCUT2D eigenvalue weighted by Crippen LogP contribution is -2.21. The number of nitrogens with zero attached hydrogens (tertiary/aromatic N) is 1. The van der Waals surface area contributed by atoms with E-state index in [-0.39, 0.29) is 0 Å². The predicted octanol–water partition coefficient (Wildman–Crippen LogP) is 2.26. The Morgan fingerprint density at radius 2 is 2.31 bits per heavy atom. The molecule has 16 heavy (non-hydrogen) atoms. The average molecular weight is 220 g/mol. The Morgan fingerprint density at radius 3 is 2.88 bits per heavy atom. The highest BCUT2D eigenvalue weighted by Gasteiger charge is 2.17. The lowest BCUT2D eigenvalue weighted by molar-refractivity contribution is -0.0101. The Bertz CT molecular complexity index is 306. The number of hydrogen-bond acceptors (Lipinski definition) is 3. The summed E-state index contributed by atoms with van der Waals surface area (Å²) < 4.78 is 5.71. The van der Waals surface area contributed by atoms with Crippen LogP contribution in [-0.4, -0.2) is 17.6 Å². The van der Waals surface area contributed by atoms with Gasteiger partial charge in [-0.25, -0.2) is 0 Å². The lowest BCUT2D eigenvalue weighted by Gasteiger charge is -2.25. The van der Waals surface area contributed by atoms with Gasteiger partial charge in [-0.2, -0.15) is 0 Å². The summed E-state index contributed by atoms with van der Waals surface area (Å²) in [4.78, 5) is 4.40. The van der Waals surface area contributed by atoms with E-state index in [4.69, 9.17) is 4.74 Å². The van der Waals surface area contributed by atoms with Gasteiger partial charge in [0.15, 0.2) is 0 Å². The van der Waals surface area contributed by atoms with Crippen molar-refractivity contribution in [1.82, 2.24) is 10.3 Å². The molecule has 88 valence electrons. The average Bonchev–Trinajstić information content (AvgIpc) is 2.26. The van der Waals surface area contributed by atoms with Gasteiger partial charge in [0.25, 0.3) is 0 Å². The molecule has 1 aliphatic rings. The van der Waals surface area contributed by atoms with Crippen molar-refractivity contribution < 1.29 is 4.74 Å². The smallest absolute Gasteiger partial charge is 0.0891 e. The Morgan fingerprint density at radius 1 is 1.44 bits per heavy atom. The van der Waals surface area contributed by atoms with E-state index in [0.717, 1.165) is 18.8 Å². The fraction of sp³-hybridized carbons (Fsp3) is 0.615. The van der Waals surface area contributed by atoms with Crippen LogP contribution in [0.4, 0.5) is 0 Å². The van der Waals surface area contributed by atoms with Crippen molar-refractivity contribution in [3.63, 3.8) is 0 Å². The molecule has 0 aromatic carbocycles. The maximum atomic E-state index is 5.71. The molecule has 3 nitrogen and oxygen atoms in total. The molecule has 1 heterocycles. The van der Waals surface area contributed by atoms with E-state index in [1.165, 1.54) is 24.8 Å². The van der Waals surface area contributed by atoms with Crippen LogP contribution >= 0.6 is 0 Å². The molecule has 0 spiro atoms. The van der Waals surface area contributed by atoms with Crippen LogP contribution in [0.15, 0.2) is 18.3 Å². The maximum absolute atomic E-state index is 5.71. The van der Waals surface area contributed by atoms with Gasteiger partial charge in [-0.3, -0.25) is 4.98 Å². The van der Waals surface area contributed by atoms with Crippen LogP contribution in [0.2, 0.25) is 0 Å². The second kappa shape index (κ2) is 5.97. The van der Waals surface area contributed by atoms with Gasteiger partial charge in [0.2, 0.25) is 0 Å². The van der Waals surface area contributed by atoms with Crippen molar-refractivity contribution in [3.8, 4) is 0 Å². The van der Waals surface area contributed by atoms with E-state index in [2.05, 4.69) is 29.4 Å². The Balaban J connectivity index is 1.76. The molecular weight excluding hydrogens is 200 g/mol. The minimum atomic E-state index is 0.489. The second-order valence-electron chi connectivity index (χ2n) is 4.30. The van der Waals surface area contributed by atoms with E-state index >= 15 is 0 Å². The van der Waals surface area contributed by atoms with Gasteiger partial charge in [-0.05, 0) is 37.4 Å². The summed E-state index contributed by atoms with van der Waals surface area (Å²) in [6.07, 6.45) is 6.18. The van der Waals surface area contributed by atoms with Crippen molar-refractivity contribution in [3.05, 3.63) is 29.6 Å². The van der Waals surface area contributed by atoms with E-state index in [1.807, 2.05) is 6.20 Å². The molecule has 1 N–H and O–H groups in total. The van der Waals surface area contributed by atoms with E-state index in [9.17, 15) is 0 Å². The molecule has 2 rings (SSSR count). The van der Waals surface area contributed by atoms with Crippen molar-refractivity contribution in [2.24, 2.45) is 0 Å². The van der Waals surface area contributed by atoms with Crippen LogP contribution in [0.5, 0.6) is 0 Å². The largest absolute Gasteiger partial charge is 0.372 e. The first-order valence-corrected chi connectivity index (χ1v) is 6.14. The molecule has 1 aromatic heterocycles. The van der Waals surface area contributed by atoms with Gasteiger partial charge in [0.05, 0.1) is 18.4 Å². The van der Waals surface area contributed by atoms with Crippen LogP contribution in [-0.2, 0) is 17.9 Å². The molecule has 3 heteroatoms. The van der Waals surface area contributed by atoms with Crippen LogP contribution in [0.3, 0.4) is 0 Å². The van der Waals surface area contributed by atoms with Gasteiger partial charge < -0.3 is 10.1 Å². The van der Waals surface area contributed by atoms with Gasteiger partial charge in [0, 0.05) is 12.7 Å². The molecule has 0 atom stereocenters.